The summed E-state index contributed by atoms with van der Waals surface area (Å²) in [6, 6.07) is 16.1. The van der Waals surface area contributed by atoms with E-state index in [4.69, 9.17) is 16.7 Å². The van der Waals surface area contributed by atoms with Gasteiger partial charge < -0.3 is 5.32 Å². The van der Waals surface area contributed by atoms with E-state index in [9.17, 15) is 4.79 Å². The molecule has 1 amide bonds. The normalized spacial score (nSPS) is 14.9. The Bertz CT molecular complexity index is 1220. The first kappa shape index (κ1) is 21.8. The quantitative estimate of drug-likeness (QED) is 0.392. The highest BCUT2D eigenvalue weighted by Crippen LogP contribution is 2.34. The van der Waals surface area contributed by atoms with Crippen LogP contribution in [0.2, 0.25) is 5.02 Å². The van der Waals surface area contributed by atoms with Crippen LogP contribution in [0.25, 0.3) is 5.69 Å². The molecule has 1 fully saturated rings. The summed E-state index contributed by atoms with van der Waals surface area (Å²) in [6.07, 6.45) is 7.30. The summed E-state index contributed by atoms with van der Waals surface area (Å²) in [4.78, 5) is 20.0. The monoisotopic (exact) mass is 477 g/mol. The second-order valence-corrected chi connectivity index (χ2v) is 9.53. The summed E-state index contributed by atoms with van der Waals surface area (Å²) in [5.74, 6) is 0.770. The molecule has 1 aliphatic heterocycles. The Morgan fingerprint density at radius 1 is 1.12 bits per heavy atom. The SMILES string of the molecule is O=C(Nc1nn(-c2ccncc2Cl)cc1C1CCN(Cc2ccccc2)CC1)c1cccs1. The highest BCUT2D eigenvalue weighted by atomic mass is 35.5. The van der Waals surface area contributed by atoms with Crippen LogP contribution in [-0.4, -0.2) is 38.7 Å². The van der Waals surface area contributed by atoms with E-state index in [0.717, 1.165) is 43.7 Å². The number of pyridine rings is 1. The summed E-state index contributed by atoms with van der Waals surface area (Å²) in [6.45, 7) is 2.96. The van der Waals surface area contributed by atoms with Crippen LogP contribution >= 0.6 is 22.9 Å². The van der Waals surface area contributed by atoms with Crippen molar-refractivity contribution in [2.75, 3.05) is 18.4 Å². The lowest BCUT2D eigenvalue weighted by Crippen LogP contribution is -2.32. The third-order valence-corrected chi connectivity index (χ3v) is 7.15. The zero-order valence-electron chi connectivity index (χ0n) is 18.0. The second-order valence-electron chi connectivity index (χ2n) is 8.17. The minimum Gasteiger partial charge on any atom is -0.304 e. The van der Waals surface area contributed by atoms with Crippen LogP contribution in [-0.2, 0) is 6.54 Å². The van der Waals surface area contributed by atoms with Crippen molar-refractivity contribution >= 4 is 34.7 Å². The van der Waals surface area contributed by atoms with Crippen LogP contribution in [0.5, 0.6) is 0 Å². The topological polar surface area (TPSA) is 63.1 Å². The summed E-state index contributed by atoms with van der Waals surface area (Å²) in [5.41, 5.74) is 3.12. The van der Waals surface area contributed by atoms with E-state index in [1.54, 1.807) is 17.1 Å². The number of likely N-dealkylation sites (tertiary alicyclic amines) is 1. The number of aromatic nitrogens is 3. The van der Waals surface area contributed by atoms with E-state index in [-0.39, 0.29) is 5.91 Å². The van der Waals surface area contributed by atoms with Crippen LogP contribution in [0.3, 0.4) is 0 Å². The zero-order valence-corrected chi connectivity index (χ0v) is 19.6. The minimum absolute atomic E-state index is 0.140. The molecule has 0 aliphatic carbocycles. The van der Waals surface area contributed by atoms with Gasteiger partial charge in [-0.15, -0.1) is 16.4 Å². The molecule has 0 saturated carbocycles. The third-order valence-electron chi connectivity index (χ3n) is 5.99. The zero-order chi connectivity index (χ0) is 22.6. The van der Waals surface area contributed by atoms with Gasteiger partial charge in [-0.25, -0.2) is 4.68 Å². The number of benzene rings is 1. The van der Waals surface area contributed by atoms with Gasteiger partial charge in [0.2, 0.25) is 0 Å². The molecule has 4 aromatic rings. The van der Waals surface area contributed by atoms with E-state index >= 15 is 0 Å². The molecule has 168 valence electrons. The summed E-state index contributed by atoms with van der Waals surface area (Å²) >= 11 is 7.79. The lowest BCUT2D eigenvalue weighted by Gasteiger charge is -2.32. The first-order valence-electron chi connectivity index (χ1n) is 11.0. The number of thiophene rings is 1. The molecule has 6 nitrogen and oxygen atoms in total. The van der Waals surface area contributed by atoms with Gasteiger partial charge in [-0.05, 0) is 54.9 Å². The van der Waals surface area contributed by atoms with Gasteiger partial charge in [-0.3, -0.25) is 14.7 Å². The van der Waals surface area contributed by atoms with Crippen LogP contribution in [0.15, 0.2) is 72.5 Å². The first-order valence-corrected chi connectivity index (χ1v) is 12.2. The molecule has 1 N–H and O–H groups in total. The Morgan fingerprint density at radius 3 is 2.67 bits per heavy atom. The van der Waals surface area contributed by atoms with Crippen molar-refractivity contribution in [3.63, 3.8) is 0 Å². The molecule has 1 saturated heterocycles. The molecule has 1 aliphatic rings. The van der Waals surface area contributed by atoms with Crippen LogP contribution < -0.4 is 5.32 Å². The fourth-order valence-electron chi connectivity index (χ4n) is 4.28. The van der Waals surface area contributed by atoms with Gasteiger partial charge in [0.1, 0.15) is 0 Å². The van der Waals surface area contributed by atoms with Gasteiger partial charge >= 0.3 is 0 Å². The molecule has 0 unspecified atom stereocenters. The molecular formula is C25H24ClN5OS. The minimum atomic E-state index is -0.140. The number of rotatable bonds is 6. The van der Waals surface area contributed by atoms with Crippen molar-refractivity contribution in [3.05, 3.63) is 93.5 Å². The maximum absolute atomic E-state index is 12.8. The number of anilines is 1. The van der Waals surface area contributed by atoms with Crippen molar-refractivity contribution < 1.29 is 4.79 Å². The average molecular weight is 478 g/mol. The van der Waals surface area contributed by atoms with E-state index < -0.39 is 0 Å². The average Bonchev–Trinajstić information content (AvgIpc) is 3.51. The number of carbonyl (C=O) groups excluding carboxylic acids is 1. The number of hydrogen-bond acceptors (Lipinski definition) is 5. The van der Waals surface area contributed by atoms with E-state index in [1.807, 2.05) is 29.8 Å². The molecule has 1 aromatic carbocycles. The largest absolute Gasteiger partial charge is 0.304 e. The Morgan fingerprint density at radius 2 is 1.94 bits per heavy atom. The van der Waals surface area contributed by atoms with Crippen LogP contribution in [0, 0.1) is 0 Å². The fourth-order valence-corrected chi connectivity index (χ4v) is 5.11. The van der Waals surface area contributed by atoms with Crippen LogP contribution in [0.4, 0.5) is 5.82 Å². The molecule has 0 bridgehead atoms. The molecular weight excluding hydrogens is 454 g/mol. The lowest BCUT2D eigenvalue weighted by atomic mass is 9.90. The summed E-state index contributed by atoms with van der Waals surface area (Å²) in [5, 5.41) is 10.2. The Balaban J connectivity index is 1.37. The fraction of sp³-hybridized carbons (Fsp3) is 0.240. The number of carbonyl (C=O) groups is 1. The number of halogens is 1. The maximum atomic E-state index is 12.8. The molecule has 0 radical (unpaired) electrons. The predicted octanol–water partition coefficient (Wildman–Crippen LogP) is 5.61. The van der Waals surface area contributed by atoms with E-state index in [2.05, 4.69) is 45.5 Å². The second kappa shape index (κ2) is 9.87. The van der Waals surface area contributed by atoms with Crippen molar-refractivity contribution in [2.45, 2.75) is 25.3 Å². The molecule has 5 rings (SSSR count). The predicted molar refractivity (Wildman–Crippen MR) is 132 cm³/mol. The lowest BCUT2D eigenvalue weighted by molar-refractivity contribution is 0.103. The molecule has 8 heteroatoms. The molecule has 33 heavy (non-hydrogen) atoms. The summed E-state index contributed by atoms with van der Waals surface area (Å²) < 4.78 is 1.75. The Kier molecular flexibility index (Phi) is 6.53. The summed E-state index contributed by atoms with van der Waals surface area (Å²) in [7, 11) is 0. The van der Waals surface area contributed by atoms with Gasteiger partial charge in [-0.2, -0.15) is 0 Å². The smallest absolute Gasteiger partial charge is 0.266 e. The van der Waals surface area contributed by atoms with Crippen molar-refractivity contribution in [1.29, 1.82) is 0 Å². The number of hydrogen-bond donors (Lipinski definition) is 1. The number of nitrogens with one attached hydrogen (secondary N) is 1. The number of nitrogens with zero attached hydrogens (tertiary/aromatic N) is 4. The van der Waals surface area contributed by atoms with Crippen molar-refractivity contribution in [3.8, 4) is 5.69 Å². The van der Waals surface area contributed by atoms with Gasteiger partial charge in [0.05, 0.1) is 15.6 Å². The number of amides is 1. The third kappa shape index (κ3) is 5.00. The standard InChI is InChI=1S/C25H24ClN5OS/c26-21-15-27-11-8-22(21)31-17-20(24(29-31)28-25(32)23-7-4-14-33-23)19-9-12-30(13-10-19)16-18-5-2-1-3-6-18/h1-8,11,14-15,17,19H,9-10,12-13,16H2,(H,28,29,32). The highest BCUT2D eigenvalue weighted by Gasteiger charge is 2.26. The van der Waals surface area contributed by atoms with Gasteiger partial charge in [0, 0.05) is 30.7 Å². The van der Waals surface area contributed by atoms with Gasteiger partial charge in [-0.1, -0.05) is 48.0 Å². The Labute approximate surface area is 201 Å². The maximum Gasteiger partial charge on any atom is 0.266 e. The van der Waals surface area contributed by atoms with Crippen molar-refractivity contribution in [2.24, 2.45) is 0 Å². The number of piperidine rings is 1. The van der Waals surface area contributed by atoms with Gasteiger partial charge in [0.25, 0.3) is 5.91 Å². The van der Waals surface area contributed by atoms with E-state index in [1.165, 1.54) is 16.9 Å². The molecule has 0 spiro atoms. The van der Waals surface area contributed by atoms with Gasteiger partial charge in [0.15, 0.2) is 5.82 Å². The van der Waals surface area contributed by atoms with Crippen LogP contribution in [0.1, 0.15) is 39.6 Å². The Hall–Kier alpha value is -3.00. The molecule has 3 aromatic heterocycles. The first-order chi connectivity index (χ1) is 16.2. The molecule has 4 heterocycles. The van der Waals surface area contributed by atoms with Crippen molar-refractivity contribution in [1.82, 2.24) is 19.7 Å². The van der Waals surface area contributed by atoms with E-state index in [0.29, 0.717) is 21.6 Å². The molecule has 0 atom stereocenters. The highest BCUT2D eigenvalue weighted by molar-refractivity contribution is 7.12.